The van der Waals surface area contributed by atoms with Crippen molar-refractivity contribution in [2.75, 3.05) is 7.05 Å². The minimum absolute atomic E-state index is 0.00458. The maximum atomic E-state index is 13.1. The molecule has 1 amide bonds. The number of phenols is 2. The van der Waals surface area contributed by atoms with E-state index in [1.807, 2.05) is 68.4 Å². The molecular weight excluding hydrogens is 492 g/mol. The molecular formula is C32H38N2O5. The lowest BCUT2D eigenvalue weighted by atomic mass is 9.98. The maximum absolute atomic E-state index is 13.1. The van der Waals surface area contributed by atoms with Gasteiger partial charge in [0.2, 0.25) is 0 Å². The Morgan fingerprint density at radius 2 is 1.59 bits per heavy atom. The van der Waals surface area contributed by atoms with Crippen LogP contribution in [0.4, 0.5) is 0 Å². The van der Waals surface area contributed by atoms with Crippen LogP contribution in [-0.2, 0) is 22.6 Å². The van der Waals surface area contributed by atoms with Crippen molar-refractivity contribution in [3.63, 3.8) is 0 Å². The monoisotopic (exact) mass is 530 g/mol. The quantitative estimate of drug-likeness (QED) is 0.286. The summed E-state index contributed by atoms with van der Waals surface area (Å²) in [6.45, 7) is 4.67. The number of carbonyl (C=O) groups excluding carboxylic acids is 2. The highest BCUT2D eigenvalue weighted by atomic mass is 16.5. The fourth-order valence-electron chi connectivity index (χ4n) is 4.98. The summed E-state index contributed by atoms with van der Waals surface area (Å²) in [6, 6.07) is 19.7. The van der Waals surface area contributed by atoms with E-state index in [9.17, 15) is 19.8 Å². The van der Waals surface area contributed by atoms with Gasteiger partial charge in [0, 0.05) is 26.2 Å². The predicted molar refractivity (Wildman–Crippen MR) is 150 cm³/mol. The number of hydrogen-bond donors (Lipinski definition) is 3. The lowest BCUT2D eigenvalue weighted by molar-refractivity contribution is -0.151. The van der Waals surface area contributed by atoms with Crippen LogP contribution in [-0.4, -0.2) is 40.1 Å². The molecule has 1 atom stereocenters. The van der Waals surface area contributed by atoms with E-state index in [4.69, 9.17) is 4.74 Å². The number of nitrogens with one attached hydrogen (secondary N) is 1. The summed E-state index contributed by atoms with van der Waals surface area (Å²) in [7, 11) is 1.68. The molecule has 0 aliphatic heterocycles. The number of hydrogen-bond acceptors (Lipinski definition) is 6. The third-order valence-electron chi connectivity index (χ3n) is 7.25. The fourth-order valence-corrected chi connectivity index (χ4v) is 4.98. The first-order valence-electron chi connectivity index (χ1n) is 13.6. The molecule has 7 heteroatoms. The third-order valence-corrected chi connectivity index (χ3v) is 7.25. The molecule has 4 rings (SSSR count). The van der Waals surface area contributed by atoms with E-state index < -0.39 is 6.04 Å². The van der Waals surface area contributed by atoms with Crippen molar-refractivity contribution in [2.45, 2.75) is 70.7 Å². The first-order chi connectivity index (χ1) is 18.7. The Morgan fingerprint density at radius 3 is 2.23 bits per heavy atom. The Kier molecular flexibility index (Phi) is 9.25. The molecule has 1 aliphatic carbocycles. The van der Waals surface area contributed by atoms with E-state index >= 15 is 0 Å². The van der Waals surface area contributed by atoms with Crippen LogP contribution in [0.2, 0.25) is 0 Å². The number of amides is 1. The number of benzene rings is 3. The highest BCUT2D eigenvalue weighted by Crippen LogP contribution is 2.33. The Hall–Kier alpha value is -3.84. The highest BCUT2D eigenvalue weighted by Gasteiger charge is 2.26. The van der Waals surface area contributed by atoms with Crippen molar-refractivity contribution in [1.82, 2.24) is 10.2 Å². The van der Waals surface area contributed by atoms with Crippen LogP contribution in [0.15, 0.2) is 66.7 Å². The average Bonchev–Trinajstić information content (AvgIpc) is 3.43. The molecule has 0 bridgehead atoms. The van der Waals surface area contributed by atoms with E-state index in [2.05, 4.69) is 5.32 Å². The van der Waals surface area contributed by atoms with Gasteiger partial charge < -0.3 is 19.8 Å². The lowest BCUT2D eigenvalue weighted by Gasteiger charge is -2.21. The van der Waals surface area contributed by atoms with Crippen molar-refractivity contribution in [2.24, 2.45) is 0 Å². The second kappa shape index (κ2) is 12.8. The van der Waals surface area contributed by atoms with Crippen LogP contribution in [0, 0.1) is 0 Å². The summed E-state index contributed by atoms with van der Waals surface area (Å²) in [6.07, 6.45) is 4.06. The van der Waals surface area contributed by atoms with E-state index in [0.29, 0.717) is 18.7 Å². The fraction of sp³-hybridized carbons (Fsp3) is 0.375. The molecule has 0 saturated heterocycles. The molecule has 7 nitrogen and oxygen atoms in total. The molecule has 0 spiro atoms. The van der Waals surface area contributed by atoms with Crippen molar-refractivity contribution >= 4 is 11.9 Å². The number of ether oxygens (including phenoxy) is 1. The number of rotatable bonds is 10. The summed E-state index contributed by atoms with van der Waals surface area (Å²) in [5.41, 5.74) is 3.58. The molecule has 206 valence electrons. The van der Waals surface area contributed by atoms with Gasteiger partial charge in [-0.1, -0.05) is 68.4 Å². The molecule has 0 radical (unpaired) electrons. The molecule has 39 heavy (non-hydrogen) atoms. The largest absolute Gasteiger partial charge is 0.508 e. The Morgan fingerprint density at radius 1 is 0.949 bits per heavy atom. The first kappa shape index (κ1) is 28.2. The van der Waals surface area contributed by atoms with Crippen molar-refractivity contribution in [1.29, 1.82) is 0 Å². The number of carbonyl (C=O) groups is 2. The zero-order valence-electron chi connectivity index (χ0n) is 22.9. The van der Waals surface area contributed by atoms with E-state index in [1.54, 1.807) is 13.1 Å². The molecule has 1 saturated carbocycles. The van der Waals surface area contributed by atoms with Crippen LogP contribution >= 0.6 is 0 Å². The van der Waals surface area contributed by atoms with Gasteiger partial charge in [0.1, 0.15) is 23.6 Å². The van der Waals surface area contributed by atoms with Crippen LogP contribution in [0.3, 0.4) is 0 Å². The van der Waals surface area contributed by atoms with Crippen molar-refractivity contribution in [3.8, 4) is 11.5 Å². The van der Waals surface area contributed by atoms with E-state index in [1.165, 1.54) is 11.0 Å². The SMILES string of the molecule is CC(C)c1cc(C(=O)N(C)Cc2ccc(CNC(C(=O)OC3CCCC3)c3ccccc3)cc2)c(O)cc1O. The van der Waals surface area contributed by atoms with Gasteiger partial charge in [-0.25, -0.2) is 4.79 Å². The van der Waals surface area contributed by atoms with Gasteiger partial charge in [0.15, 0.2) is 0 Å². The van der Waals surface area contributed by atoms with Gasteiger partial charge in [0.25, 0.3) is 5.91 Å². The zero-order valence-corrected chi connectivity index (χ0v) is 22.9. The Labute approximate surface area is 230 Å². The molecule has 0 aromatic heterocycles. The van der Waals surface area contributed by atoms with E-state index in [-0.39, 0.29) is 41.0 Å². The molecule has 1 unspecified atom stereocenters. The summed E-state index contributed by atoms with van der Waals surface area (Å²) in [4.78, 5) is 27.6. The first-order valence-corrected chi connectivity index (χ1v) is 13.6. The number of phenolic OH excluding ortho intramolecular Hbond substituents is 2. The normalized spacial score (nSPS) is 14.4. The van der Waals surface area contributed by atoms with Gasteiger partial charge >= 0.3 is 5.97 Å². The topological polar surface area (TPSA) is 99.1 Å². The Bertz CT molecular complexity index is 1270. The molecule has 3 aromatic carbocycles. The number of nitrogens with zero attached hydrogens (tertiary/aromatic N) is 1. The smallest absolute Gasteiger partial charge is 0.328 e. The van der Waals surface area contributed by atoms with Crippen LogP contribution in [0.1, 0.15) is 84.1 Å². The van der Waals surface area contributed by atoms with E-state index in [0.717, 1.165) is 42.4 Å². The highest BCUT2D eigenvalue weighted by molar-refractivity contribution is 5.97. The summed E-state index contributed by atoms with van der Waals surface area (Å²) in [5, 5.41) is 23.7. The Balaban J connectivity index is 1.39. The van der Waals surface area contributed by atoms with Gasteiger partial charge in [-0.2, -0.15) is 0 Å². The summed E-state index contributed by atoms with van der Waals surface area (Å²) >= 11 is 0. The maximum Gasteiger partial charge on any atom is 0.328 e. The molecule has 1 aliphatic rings. The van der Waals surface area contributed by atoms with Gasteiger partial charge in [-0.3, -0.25) is 10.1 Å². The van der Waals surface area contributed by atoms with Crippen molar-refractivity contribution < 1.29 is 24.5 Å². The van der Waals surface area contributed by atoms with Crippen LogP contribution < -0.4 is 5.32 Å². The van der Waals surface area contributed by atoms with Gasteiger partial charge in [-0.15, -0.1) is 0 Å². The van der Waals surface area contributed by atoms with Crippen molar-refractivity contribution in [3.05, 3.63) is 94.5 Å². The van der Waals surface area contributed by atoms with Gasteiger partial charge in [-0.05, 0) is 59.9 Å². The zero-order chi connectivity index (χ0) is 27.9. The molecule has 3 N–H and O–H groups in total. The third kappa shape index (κ3) is 7.18. The number of aromatic hydroxyl groups is 2. The van der Waals surface area contributed by atoms with Crippen LogP contribution in [0.5, 0.6) is 11.5 Å². The number of esters is 1. The minimum Gasteiger partial charge on any atom is -0.508 e. The second-order valence-electron chi connectivity index (χ2n) is 10.6. The molecule has 1 fully saturated rings. The van der Waals surface area contributed by atoms with Gasteiger partial charge in [0.05, 0.1) is 5.56 Å². The van der Waals surface area contributed by atoms with Crippen LogP contribution in [0.25, 0.3) is 0 Å². The lowest BCUT2D eigenvalue weighted by Crippen LogP contribution is -2.32. The molecule has 0 heterocycles. The summed E-state index contributed by atoms with van der Waals surface area (Å²) < 4.78 is 5.80. The average molecular weight is 531 g/mol. The second-order valence-corrected chi connectivity index (χ2v) is 10.6. The standard InChI is InChI=1S/C32H38N2O5/c1-21(2)26-17-27(29(36)18-28(26)35)31(37)34(3)20-23-15-13-22(14-16-23)19-33-30(24-9-5-4-6-10-24)32(38)39-25-11-7-8-12-25/h4-6,9-10,13-18,21,25,30,33,35-36H,7-8,11-12,19-20H2,1-3H3. The summed E-state index contributed by atoms with van der Waals surface area (Å²) in [5.74, 6) is -0.828. The predicted octanol–water partition coefficient (Wildman–Crippen LogP) is 5.81. The molecule has 3 aromatic rings. The minimum atomic E-state index is -0.552.